The second-order valence-corrected chi connectivity index (χ2v) is 2.13. The summed E-state index contributed by atoms with van der Waals surface area (Å²) in [5.41, 5.74) is 3.56. The maximum atomic E-state index is 3.69. The van der Waals surface area contributed by atoms with Gasteiger partial charge in [-0.15, -0.1) is 0 Å². The highest BCUT2D eigenvalue weighted by Crippen LogP contribution is 2.17. The zero-order valence-corrected chi connectivity index (χ0v) is 5.02. The van der Waals surface area contributed by atoms with Crippen molar-refractivity contribution in [2.45, 2.75) is 0 Å². The lowest BCUT2D eigenvalue weighted by molar-refractivity contribution is 1.60. The molecule has 2 aromatic heterocycles. The number of fused-ring (bicyclic) bond motifs is 2. The Morgan fingerprint density at radius 1 is 1.44 bits per heavy atom. The van der Waals surface area contributed by atoms with Crippen LogP contribution in [-0.2, 0) is 0 Å². The molecule has 0 spiro atoms. The zero-order chi connectivity index (χ0) is 6.27. The molecule has 0 atom stereocenters. The van der Waals surface area contributed by atoms with Gasteiger partial charge in [-0.2, -0.15) is 0 Å². The first-order chi connectivity index (χ1) is 4.40. The van der Waals surface area contributed by atoms with E-state index in [0.29, 0.717) is 0 Å². The topological polar surface area (TPSA) is 15.8 Å². The van der Waals surface area contributed by atoms with Gasteiger partial charge in [-0.05, 0) is 23.8 Å². The molecule has 1 N–H and O–H groups in total. The maximum Gasteiger partial charge on any atom is 0.0459 e. The third kappa shape index (κ3) is 0.486. The first-order valence-corrected chi connectivity index (χ1v) is 2.93. The predicted molar refractivity (Wildman–Crippen MR) is 39.6 cm³/mol. The molecular weight excluding hydrogens is 110 g/mol. The van der Waals surface area contributed by atoms with Gasteiger partial charge in [0, 0.05) is 11.0 Å². The molecule has 1 nitrogen and oxygen atoms in total. The molecule has 2 heterocycles. The highest BCUT2D eigenvalue weighted by Gasteiger charge is 1.97. The van der Waals surface area contributed by atoms with Gasteiger partial charge in [-0.25, -0.2) is 0 Å². The Kier molecular flexibility index (Phi) is 0.707. The molecule has 0 radical (unpaired) electrons. The van der Waals surface area contributed by atoms with Crippen LogP contribution in [0.1, 0.15) is 5.56 Å². The molecule has 1 heteroatoms. The van der Waals surface area contributed by atoms with E-state index in [1.165, 1.54) is 16.6 Å². The van der Waals surface area contributed by atoms with Crippen molar-refractivity contribution < 1.29 is 0 Å². The second-order valence-electron chi connectivity index (χ2n) is 2.13. The van der Waals surface area contributed by atoms with E-state index in [9.17, 15) is 0 Å². The highest BCUT2D eigenvalue weighted by atomic mass is 14.7. The van der Waals surface area contributed by atoms with Gasteiger partial charge in [0.15, 0.2) is 0 Å². The summed E-state index contributed by atoms with van der Waals surface area (Å²) in [7, 11) is 0. The Morgan fingerprint density at radius 2 is 2.33 bits per heavy atom. The maximum absolute atomic E-state index is 3.69. The average molecular weight is 117 g/mol. The zero-order valence-electron chi connectivity index (χ0n) is 5.02. The largest absolute Gasteiger partial charge is 0.355 e. The van der Waals surface area contributed by atoms with Gasteiger partial charge in [0.2, 0.25) is 0 Å². The van der Waals surface area contributed by atoms with Crippen LogP contribution in [0.5, 0.6) is 0 Å². The second kappa shape index (κ2) is 1.38. The molecule has 0 saturated carbocycles. The lowest BCUT2D eigenvalue weighted by atomic mass is 10.2. The molecule has 2 bridgehead atoms. The lowest BCUT2D eigenvalue weighted by Crippen LogP contribution is -1.62. The van der Waals surface area contributed by atoms with Gasteiger partial charge in [0.05, 0.1) is 0 Å². The lowest BCUT2D eigenvalue weighted by Gasteiger charge is -1.82. The van der Waals surface area contributed by atoms with Crippen LogP contribution < -0.4 is 0 Å². The Labute approximate surface area is 53.3 Å². The van der Waals surface area contributed by atoms with Gasteiger partial charge in [0.1, 0.15) is 0 Å². The van der Waals surface area contributed by atoms with Crippen LogP contribution in [0, 0.1) is 0 Å². The summed E-state index contributed by atoms with van der Waals surface area (Å²) in [5.74, 6) is 0. The van der Waals surface area contributed by atoms with E-state index >= 15 is 0 Å². The number of H-pyrrole nitrogens is 1. The van der Waals surface area contributed by atoms with E-state index in [4.69, 9.17) is 0 Å². The summed E-state index contributed by atoms with van der Waals surface area (Å²) in [5, 5.41) is 0. The van der Waals surface area contributed by atoms with Gasteiger partial charge >= 0.3 is 0 Å². The fourth-order valence-corrected chi connectivity index (χ4v) is 1.08. The summed E-state index contributed by atoms with van der Waals surface area (Å²) < 4.78 is 0. The Morgan fingerprint density at radius 3 is 2.67 bits per heavy atom. The van der Waals surface area contributed by atoms with Crippen LogP contribution in [0.15, 0.2) is 24.8 Å². The fourth-order valence-electron chi connectivity index (χ4n) is 1.08. The molecule has 0 fully saturated rings. The quantitative estimate of drug-likeness (QED) is 0.589. The van der Waals surface area contributed by atoms with Gasteiger partial charge in [0.25, 0.3) is 0 Å². The van der Waals surface area contributed by atoms with E-state index in [2.05, 4.69) is 29.8 Å². The van der Waals surface area contributed by atoms with Crippen molar-refractivity contribution in [3.05, 3.63) is 30.3 Å². The SMILES string of the molecule is C=Cc1cc2ccc1[nH]2. The summed E-state index contributed by atoms with van der Waals surface area (Å²) in [6.45, 7) is 3.69. The van der Waals surface area contributed by atoms with Crippen LogP contribution in [0.4, 0.5) is 0 Å². The number of hydrogen-bond donors (Lipinski definition) is 1. The van der Waals surface area contributed by atoms with Crippen LogP contribution in [0.3, 0.4) is 0 Å². The first-order valence-electron chi connectivity index (χ1n) is 2.93. The summed E-state index contributed by atoms with van der Waals surface area (Å²) in [6.07, 6.45) is 1.86. The number of rotatable bonds is 1. The standard InChI is InChI=1S/C8H7N/c1-2-6-5-7-3-4-8(6)9-7/h2-5,9H,1H2. The van der Waals surface area contributed by atoms with Crippen molar-refractivity contribution >= 4 is 17.1 Å². The predicted octanol–water partition coefficient (Wildman–Crippen LogP) is 2.25. The third-order valence-corrected chi connectivity index (χ3v) is 1.55. The minimum absolute atomic E-state index is 1.18. The molecule has 2 rings (SSSR count). The van der Waals surface area contributed by atoms with Crippen LogP contribution in [0.25, 0.3) is 17.1 Å². The smallest absolute Gasteiger partial charge is 0.0459 e. The van der Waals surface area contributed by atoms with Crippen molar-refractivity contribution in [1.29, 1.82) is 0 Å². The molecular formula is C8H7N. The highest BCUT2D eigenvalue weighted by molar-refractivity contribution is 5.78. The Balaban J connectivity index is 2.86. The normalized spacial score (nSPS) is 10.7. The van der Waals surface area contributed by atoms with E-state index in [-0.39, 0.29) is 0 Å². The number of benzene rings is 1. The first kappa shape index (κ1) is 4.62. The van der Waals surface area contributed by atoms with E-state index in [1.54, 1.807) is 0 Å². The summed E-state index contributed by atoms with van der Waals surface area (Å²) >= 11 is 0. The van der Waals surface area contributed by atoms with Crippen molar-refractivity contribution in [2.75, 3.05) is 0 Å². The molecule has 0 aromatic carbocycles. The minimum atomic E-state index is 1.18. The van der Waals surface area contributed by atoms with Crippen molar-refractivity contribution in [3.63, 3.8) is 0 Å². The van der Waals surface area contributed by atoms with Crippen molar-refractivity contribution in [3.8, 4) is 0 Å². The number of aromatic amines is 1. The van der Waals surface area contributed by atoms with E-state index < -0.39 is 0 Å². The molecule has 0 aliphatic heterocycles. The van der Waals surface area contributed by atoms with Gasteiger partial charge in [-0.1, -0.05) is 12.7 Å². The molecule has 2 aromatic rings. The van der Waals surface area contributed by atoms with Gasteiger partial charge < -0.3 is 4.98 Å². The summed E-state index contributed by atoms with van der Waals surface area (Å²) in [6, 6.07) is 6.21. The number of hydrogen-bond acceptors (Lipinski definition) is 0. The van der Waals surface area contributed by atoms with E-state index in [0.717, 1.165) is 0 Å². The fraction of sp³-hybridized carbons (Fsp3) is 0. The average Bonchev–Trinajstić information content (AvgIpc) is 2.45. The molecule has 44 valence electrons. The van der Waals surface area contributed by atoms with Crippen molar-refractivity contribution in [1.82, 2.24) is 4.98 Å². The Hall–Kier alpha value is -1.24. The minimum Gasteiger partial charge on any atom is -0.355 e. The molecule has 9 heavy (non-hydrogen) atoms. The van der Waals surface area contributed by atoms with E-state index in [1.807, 2.05) is 6.08 Å². The van der Waals surface area contributed by atoms with Crippen LogP contribution in [0.2, 0.25) is 0 Å². The van der Waals surface area contributed by atoms with Crippen molar-refractivity contribution in [2.24, 2.45) is 0 Å². The summed E-state index contributed by atoms with van der Waals surface area (Å²) in [4.78, 5) is 3.19. The number of aromatic nitrogens is 1. The van der Waals surface area contributed by atoms with Gasteiger partial charge in [-0.3, -0.25) is 0 Å². The molecule has 0 aliphatic rings. The van der Waals surface area contributed by atoms with Crippen LogP contribution >= 0.6 is 0 Å². The Bertz CT molecular complexity index is 319. The third-order valence-electron chi connectivity index (χ3n) is 1.55. The monoisotopic (exact) mass is 117 g/mol. The number of nitrogens with one attached hydrogen (secondary N) is 1. The molecule has 0 amide bonds. The molecule has 0 aliphatic carbocycles. The van der Waals surface area contributed by atoms with Crippen LogP contribution in [-0.4, -0.2) is 4.98 Å². The molecule has 0 unspecified atom stereocenters. The molecule has 0 saturated heterocycles.